The highest BCUT2D eigenvalue weighted by Crippen LogP contribution is 2.30. The molecule has 9 nitrogen and oxygen atoms in total. The second kappa shape index (κ2) is 14.5. The summed E-state index contributed by atoms with van der Waals surface area (Å²) in [6.45, 7) is 8.27. The molecule has 2 rings (SSSR count). The molecule has 2 unspecified atom stereocenters. The van der Waals surface area contributed by atoms with Gasteiger partial charge in [0, 0.05) is 20.2 Å². The highest BCUT2D eigenvalue weighted by molar-refractivity contribution is 5.87. The molecule has 1 N–H and O–H groups in total. The van der Waals surface area contributed by atoms with E-state index in [0.717, 1.165) is 12.1 Å². The van der Waals surface area contributed by atoms with Gasteiger partial charge in [-0.3, -0.25) is 4.79 Å². The molecule has 1 aliphatic heterocycles. The molecule has 0 aliphatic carbocycles. The lowest BCUT2D eigenvalue weighted by Crippen LogP contribution is -2.44. The molecule has 1 fully saturated rings. The molecular weight excluding hydrogens is 497 g/mol. The van der Waals surface area contributed by atoms with E-state index in [4.69, 9.17) is 23.7 Å². The molecule has 0 aromatic heterocycles. The lowest BCUT2D eigenvalue weighted by Gasteiger charge is -2.27. The fourth-order valence-corrected chi connectivity index (χ4v) is 3.56. The summed E-state index contributed by atoms with van der Waals surface area (Å²) in [6, 6.07) is 2.92. The van der Waals surface area contributed by atoms with Crippen molar-refractivity contribution in [3.05, 3.63) is 35.4 Å². The fraction of sp³-hybridized carbons (Fsp3) is 0.680. The third kappa shape index (κ3) is 11.2. The molecule has 1 aliphatic rings. The number of methoxy groups -OCH3 is 1. The van der Waals surface area contributed by atoms with Gasteiger partial charge in [0.1, 0.15) is 11.6 Å². The Morgan fingerprint density at radius 1 is 1.00 bits per heavy atom. The number of alkyl carbamates (subject to hydrolysis) is 1. The van der Waals surface area contributed by atoms with E-state index in [2.05, 4.69) is 5.32 Å². The molecule has 1 saturated heterocycles. The topological polar surface area (TPSA) is 95.6 Å². The molecule has 2 atom stereocenters. The van der Waals surface area contributed by atoms with Crippen molar-refractivity contribution in [2.24, 2.45) is 0 Å². The summed E-state index contributed by atoms with van der Waals surface area (Å²) in [6.07, 6.45) is -5.00. The van der Waals surface area contributed by atoms with Crippen LogP contribution < -0.4 is 5.32 Å². The van der Waals surface area contributed by atoms with Crippen LogP contribution in [-0.4, -0.2) is 88.4 Å². The van der Waals surface area contributed by atoms with Gasteiger partial charge in [-0.1, -0.05) is 12.1 Å². The molecule has 37 heavy (non-hydrogen) atoms. The van der Waals surface area contributed by atoms with Gasteiger partial charge in [0.05, 0.1) is 51.3 Å². The Morgan fingerprint density at radius 3 is 2.16 bits per heavy atom. The van der Waals surface area contributed by atoms with E-state index in [1.165, 1.54) is 17.0 Å². The first-order valence-corrected chi connectivity index (χ1v) is 12.1. The zero-order valence-electron chi connectivity index (χ0n) is 21.8. The number of benzene rings is 1. The molecule has 1 aromatic rings. The monoisotopic (exact) mass is 534 g/mol. The Morgan fingerprint density at radius 2 is 1.59 bits per heavy atom. The quantitative estimate of drug-likeness (QED) is 0.387. The van der Waals surface area contributed by atoms with Crippen LogP contribution in [0.15, 0.2) is 24.3 Å². The summed E-state index contributed by atoms with van der Waals surface area (Å²) in [5.41, 5.74) is -1.45. The number of halogens is 3. The summed E-state index contributed by atoms with van der Waals surface area (Å²) in [7, 11) is 1.60. The number of ether oxygens (including phenoxy) is 5. The van der Waals surface area contributed by atoms with Gasteiger partial charge in [-0.2, -0.15) is 13.2 Å². The number of carbonyl (C=O) groups excluding carboxylic acids is 2. The number of hydrogen-bond acceptors (Lipinski definition) is 7. The summed E-state index contributed by atoms with van der Waals surface area (Å²) in [5, 5.41) is 2.51. The number of rotatable bonds is 13. The van der Waals surface area contributed by atoms with Crippen molar-refractivity contribution in [1.29, 1.82) is 0 Å². The van der Waals surface area contributed by atoms with E-state index in [9.17, 15) is 22.8 Å². The van der Waals surface area contributed by atoms with Gasteiger partial charge in [-0.05, 0) is 44.9 Å². The number of nitrogens with zero attached hydrogens (tertiary/aromatic N) is 1. The Labute approximate surface area is 215 Å². The molecule has 1 aromatic carbocycles. The first kappa shape index (κ1) is 30.8. The summed E-state index contributed by atoms with van der Waals surface area (Å²) >= 11 is 0. The average Bonchev–Trinajstić information content (AvgIpc) is 3.28. The van der Waals surface area contributed by atoms with Gasteiger partial charge in [0.15, 0.2) is 0 Å². The van der Waals surface area contributed by atoms with Crippen LogP contribution in [0.4, 0.5) is 18.0 Å². The van der Waals surface area contributed by atoms with E-state index in [0.29, 0.717) is 52.6 Å². The normalized spacial score (nSPS) is 17.1. The number of hydrogen-bond donors (Lipinski definition) is 1. The van der Waals surface area contributed by atoms with Gasteiger partial charge < -0.3 is 33.9 Å². The molecule has 1 heterocycles. The van der Waals surface area contributed by atoms with Crippen LogP contribution >= 0.6 is 0 Å². The molecule has 0 radical (unpaired) electrons. The van der Waals surface area contributed by atoms with Gasteiger partial charge in [0.25, 0.3) is 0 Å². The molecule has 0 bridgehead atoms. The lowest BCUT2D eigenvalue weighted by molar-refractivity contribution is -0.137. The van der Waals surface area contributed by atoms with Crippen molar-refractivity contribution in [3.63, 3.8) is 0 Å². The first-order valence-electron chi connectivity index (χ1n) is 12.1. The highest BCUT2D eigenvalue weighted by atomic mass is 19.4. The number of nitrogens with one attached hydrogen (secondary N) is 1. The maximum absolute atomic E-state index is 13.3. The molecule has 210 valence electrons. The fourth-order valence-electron chi connectivity index (χ4n) is 3.56. The molecule has 0 spiro atoms. The Bertz CT molecular complexity index is 844. The van der Waals surface area contributed by atoms with Gasteiger partial charge in [-0.25, -0.2) is 4.79 Å². The minimum atomic E-state index is -4.52. The number of carbonyl (C=O) groups is 2. The van der Waals surface area contributed by atoms with Crippen molar-refractivity contribution in [3.8, 4) is 0 Å². The average molecular weight is 535 g/mol. The highest BCUT2D eigenvalue weighted by Gasteiger charge is 2.35. The lowest BCUT2D eigenvalue weighted by atomic mass is 10.0. The van der Waals surface area contributed by atoms with Gasteiger partial charge in [0.2, 0.25) is 5.91 Å². The predicted molar refractivity (Wildman–Crippen MR) is 128 cm³/mol. The first-order chi connectivity index (χ1) is 17.4. The minimum Gasteiger partial charge on any atom is -0.444 e. The van der Waals surface area contributed by atoms with Crippen LogP contribution in [-0.2, 0) is 34.7 Å². The Hall–Kier alpha value is -2.41. The van der Waals surface area contributed by atoms with E-state index in [1.807, 2.05) is 0 Å². The number of alkyl halides is 3. The maximum Gasteiger partial charge on any atom is 0.416 e. The van der Waals surface area contributed by atoms with Crippen LogP contribution in [0.25, 0.3) is 0 Å². The third-order valence-corrected chi connectivity index (χ3v) is 5.32. The van der Waals surface area contributed by atoms with Crippen molar-refractivity contribution in [1.82, 2.24) is 10.2 Å². The summed E-state index contributed by atoms with van der Waals surface area (Å²) in [4.78, 5) is 27.3. The van der Waals surface area contributed by atoms with E-state index in [1.54, 1.807) is 27.9 Å². The minimum absolute atomic E-state index is 0.217. The molecular formula is C25H37F3N2O7. The maximum atomic E-state index is 13.3. The zero-order chi connectivity index (χ0) is 27.5. The van der Waals surface area contributed by atoms with E-state index >= 15 is 0 Å². The zero-order valence-corrected chi connectivity index (χ0v) is 21.8. The van der Waals surface area contributed by atoms with Crippen molar-refractivity contribution >= 4 is 12.0 Å². The van der Waals surface area contributed by atoms with Crippen molar-refractivity contribution in [2.45, 2.75) is 51.1 Å². The SMILES string of the molecule is COCCOCCOCCOC1CCN(C(=O)C(NC(=O)OC(C)(C)C)c2ccc(C(F)(F)F)cc2)C1. The van der Waals surface area contributed by atoms with E-state index < -0.39 is 35.4 Å². The molecule has 2 amide bonds. The standard InChI is InChI=1S/C25H37F3N2O7/c1-24(2,3)37-23(32)29-21(18-5-7-19(8-6-18)25(26,27)28)22(31)30-10-9-20(17-30)36-16-15-35-14-13-34-12-11-33-4/h5-8,20-21H,9-17H2,1-4H3,(H,29,32). The van der Waals surface area contributed by atoms with Crippen molar-refractivity contribution < 1.29 is 46.4 Å². The smallest absolute Gasteiger partial charge is 0.416 e. The van der Waals surface area contributed by atoms with Gasteiger partial charge >= 0.3 is 12.3 Å². The second-order valence-corrected chi connectivity index (χ2v) is 9.48. The van der Waals surface area contributed by atoms with Crippen molar-refractivity contribution in [2.75, 3.05) is 59.8 Å². The van der Waals surface area contributed by atoms with Crippen LogP contribution in [0.3, 0.4) is 0 Å². The molecule has 0 saturated carbocycles. The van der Waals surface area contributed by atoms with E-state index in [-0.39, 0.29) is 18.2 Å². The van der Waals surface area contributed by atoms with Gasteiger partial charge in [-0.15, -0.1) is 0 Å². The molecule has 12 heteroatoms. The summed E-state index contributed by atoms with van der Waals surface area (Å²) in [5.74, 6) is -0.457. The van der Waals surface area contributed by atoms with Crippen LogP contribution in [0.5, 0.6) is 0 Å². The van der Waals surface area contributed by atoms with Crippen LogP contribution in [0.2, 0.25) is 0 Å². The third-order valence-electron chi connectivity index (χ3n) is 5.32. The number of amides is 2. The summed E-state index contributed by atoms with van der Waals surface area (Å²) < 4.78 is 65.7. The van der Waals surface area contributed by atoms with Crippen LogP contribution in [0, 0.1) is 0 Å². The largest absolute Gasteiger partial charge is 0.444 e. The van der Waals surface area contributed by atoms with Crippen LogP contribution in [0.1, 0.15) is 44.4 Å². The second-order valence-electron chi connectivity index (χ2n) is 9.48. The number of likely N-dealkylation sites (tertiary alicyclic amines) is 1. The predicted octanol–water partition coefficient (Wildman–Crippen LogP) is 3.57. The Kier molecular flexibility index (Phi) is 12.1. The Balaban J connectivity index is 1.92.